The molecular weight excluding hydrogens is 677 g/mol. The van der Waals surface area contributed by atoms with Crippen LogP contribution in [0.5, 0.6) is 0 Å². The summed E-state index contributed by atoms with van der Waals surface area (Å²) in [5.74, 6) is 0. The molecule has 2 aliphatic rings. The Morgan fingerprint density at radius 1 is 0.393 bits per heavy atom. The summed E-state index contributed by atoms with van der Waals surface area (Å²) in [5, 5.41) is 2.53. The van der Waals surface area contributed by atoms with Crippen LogP contribution in [0.3, 0.4) is 0 Å². The first kappa shape index (κ1) is 32.8. The highest BCUT2D eigenvalue weighted by atomic mass is 15.1. The minimum absolute atomic E-state index is 0.0544. The van der Waals surface area contributed by atoms with Gasteiger partial charge in [-0.2, -0.15) is 0 Å². The molecule has 2 aliphatic carbocycles. The highest BCUT2D eigenvalue weighted by molar-refractivity contribution is 6.10. The molecule has 0 aliphatic heterocycles. The van der Waals surface area contributed by atoms with E-state index in [4.69, 9.17) is 0 Å². The standard InChI is InChI=1S/C54H42N2/c1-53(2)45-20-11-8-17-40(45)44-34-39(30-32-47(44)53)55(50-24-14-22-48-52(50)43-19-9-12-21-46(43)54(48,3)4)38-28-25-35(26-29-38)36-27-31-42-41-18-10-13-23-49(41)56(51(42)33-36)37-15-6-5-7-16-37/h5-34H,1-4H3. The number of rotatable bonds is 5. The number of aromatic nitrogens is 1. The first-order valence-electron chi connectivity index (χ1n) is 19.8. The van der Waals surface area contributed by atoms with Crippen molar-refractivity contribution in [3.63, 3.8) is 0 Å². The first-order valence-corrected chi connectivity index (χ1v) is 19.8. The molecule has 1 aromatic heterocycles. The third-order valence-corrected chi connectivity index (χ3v) is 12.8. The van der Waals surface area contributed by atoms with Crippen molar-refractivity contribution < 1.29 is 0 Å². The topological polar surface area (TPSA) is 8.17 Å². The lowest BCUT2D eigenvalue weighted by atomic mass is 9.82. The first-order chi connectivity index (χ1) is 27.3. The summed E-state index contributed by atoms with van der Waals surface area (Å²) in [6.07, 6.45) is 0. The molecule has 0 spiro atoms. The van der Waals surface area contributed by atoms with E-state index < -0.39 is 0 Å². The molecule has 2 heteroatoms. The zero-order chi connectivity index (χ0) is 37.8. The molecule has 0 bridgehead atoms. The number of hydrogen-bond donors (Lipinski definition) is 0. The van der Waals surface area contributed by atoms with E-state index in [0.717, 1.165) is 11.4 Å². The molecule has 1 heterocycles. The number of fused-ring (bicyclic) bond motifs is 9. The molecular formula is C54H42N2. The smallest absolute Gasteiger partial charge is 0.0547 e. The van der Waals surface area contributed by atoms with E-state index in [0.29, 0.717) is 0 Å². The zero-order valence-electron chi connectivity index (χ0n) is 32.2. The summed E-state index contributed by atoms with van der Waals surface area (Å²) < 4.78 is 2.40. The number of hydrogen-bond acceptors (Lipinski definition) is 1. The maximum Gasteiger partial charge on any atom is 0.0547 e. The fourth-order valence-electron chi connectivity index (χ4n) is 10.0. The Labute approximate surface area is 328 Å². The van der Waals surface area contributed by atoms with Gasteiger partial charge >= 0.3 is 0 Å². The van der Waals surface area contributed by atoms with Crippen molar-refractivity contribution in [2.75, 3.05) is 4.90 Å². The number of anilines is 3. The Kier molecular flexibility index (Phi) is 6.98. The molecule has 2 nitrogen and oxygen atoms in total. The molecule has 0 amide bonds. The van der Waals surface area contributed by atoms with Gasteiger partial charge in [0.25, 0.3) is 0 Å². The van der Waals surface area contributed by atoms with Gasteiger partial charge in [-0.3, -0.25) is 0 Å². The molecule has 0 saturated carbocycles. The lowest BCUT2D eigenvalue weighted by molar-refractivity contribution is 0.660. The quantitative estimate of drug-likeness (QED) is 0.172. The van der Waals surface area contributed by atoms with Crippen LogP contribution in [-0.2, 0) is 10.8 Å². The molecule has 0 saturated heterocycles. The van der Waals surface area contributed by atoms with E-state index in [2.05, 4.69) is 219 Å². The second-order valence-electron chi connectivity index (χ2n) is 16.6. The van der Waals surface area contributed by atoms with Gasteiger partial charge in [0.15, 0.2) is 0 Å². The van der Waals surface area contributed by atoms with Crippen molar-refractivity contribution in [2.24, 2.45) is 0 Å². The Balaban J connectivity index is 1.09. The average molecular weight is 719 g/mol. The van der Waals surface area contributed by atoms with Gasteiger partial charge in [-0.1, -0.05) is 155 Å². The van der Waals surface area contributed by atoms with Crippen LogP contribution in [0.25, 0.3) is 60.9 Å². The van der Waals surface area contributed by atoms with Gasteiger partial charge in [0, 0.05) is 44.2 Å². The number of nitrogens with zero attached hydrogens (tertiary/aromatic N) is 2. The monoisotopic (exact) mass is 718 g/mol. The summed E-state index contributed by atoms with van der Waals surface area (Å²) in [5.41, 5.74) is 20.1. The largest absolute Gasteiger partial charge is 0.310 e. The van der Waals surface area contributed by atoms with Gasteiger partial charge in [0.2, 0.25) is 0 Å². The average Bonchev–Trinajstić information content (AvgIpc) is 3.78. The molecule has 0 N–H and O–H groups in total. The van der Waals surface area contributed by atoms with Gasteiger partial charge in [0.1, 0.15) is 0 Å². The summed E-state index contributed by atoms with van der Waals surface area (Å²) in [4.78, 5) is 2.49. The van der Waals surface area contributed by atoms with Gasteiger partial charge in [0.05, 0.1) is 16.7 Å². The minimum Gasteiger partial charge on any atom is -0.310 e. The van der Waals surface area contributed by atoms with Crippen LogP contribution < -0.4 is 4.90 Å². The van der Waals surface area contributed by atoms with Crippen LogP contribution in [0.4, 0.5) is 17.1 Å². The Morgan fingerprint density at radius 2 is 0.982 bits per heavy atom. The van der Waals surface area contributed by atoms with Crippen LogP contribution in [-0.4, -0.2) is 4.57 Å². The van der Waals surface area contributed by atoms with E-state index >= 15 is 0 Å². The fourth-order valence-corrected chi connectivity index (χ4v) is 10.0. The van der Waals surface area contributed by atoms with Crippen molar-refractivity contribution in [3.8, 4) is 39.1 Å². The van der Waals surface area contributed by atoms with Crippen LogP contribution in [0.1, 0.15) is 49.9 Å². The summed E-state index contributed by atoms with van der Waals surface area (Å²) in [6.45, 7) is 9.44. The van der Waals surface area contributed by atoms with Crippen molar-refractivity contribution in [2.45, 2.75) is 38.5 Å². The fraction of sp³-hybridized carbons (Fsp3) is 0.111. The predicted molar refractivity (Wildman–Crippen MR) is 236 cm³/mol. The summed E-state index contributed by atoms with van der Waals surface area (Å²) in [6, 6.07) is 67.5. The Bertz CT molecular complexity index is 3020. The van der Waals surface area contributed by atoms with Crippen molar-refractivity contribution in [1.82, 2.24) is 4.57 Å². The molecule has 0 radical (unpaired) electrons. The molecule has 0 unspecified atom stereocenters. The predicted octanol–water partition coefficient (Wildman–Crippen LogP) is 14.5. The second kappa shape index (κ2) is 11.9. The third-order valence-electron chi connectivity index (χ3n) is 12.8. The van der Waals surface area contributed by atoms with Crippen molar-refractivity contribution in [3.05, 3.63) is 204 Å². The Hall–Kier alpha value is -6.64. The summed E-state index contributed by atoms with van der Waals surface area (Å²) >= 11 is 0. The molecule has 11 rings (SSSR count). The molecule has 8 aromatic carbocycles. The molecule has 268 valence electrons. The van der Waals surface area contributed by atoms with Crippen molar-refractivity contribution in [1.29, 1.82) is 0 Å². The van der Waals surface area contributed by atoms with Gasteiger partial charge < -0.3 is 9.47 Å². The SMILES string of the molecule is CC1(C)c2ccccc2-c2cc(N(c3ccc(-c4ccc5c6ccccc6n(-c6ccccc6)c5c4)cc3)c3cccc4c3-c3ccccc3C4(C)C)ccc21. The van der Waals surface area contributed by atoms with E-state index in [1.165, 1.54) is 88.8 Å². The zero-order valence-corrected chi connectivity index (χ0v) is 32.2. The van der Waals surface area contributed by atoms with Crippen LogP contribution in [0.2, 0.25) is 0 Å². The lowest BCUT2D eigenvalue weighted by Gasteiger charge is -2.30. The van der Waals surface area contributed by atoms with Gasteiger partial charge in [-0.15, -0.1) is 0 Å². The molecule has 0 fully saturated rings. The molecule has 0 atom stereocenters. The normalized spacial score (nSPS) is 14.4. The number of benzene rings is 8. The van der Waals surface area contributed by atoms with Crippen LogP contribution >= 0.6 is 0 Å². The molecule has 9 aromatic rings. The highest BCUT2D eigenvalue weighted by Crippen LogP contribution is 2.55. The van der Waals surface area contributed by atoms with Crippen LogP contribution in [0.15, 0.2) is 182 Å². The van der Waals surface area contributed by atoms with E-state index in [9.17, 15) is 0 Å². The van der Waals surface area contributed by atoms with Crippen molar-refractivity contribution >= 4 is 38.9 Å². The Morgan fingerprint density at radius 3 is 1.79 bits per heavy atom. The van der Waals surface area contributed by atoms with E-state index in [1.807, 2.05) is 0 Å². The van der Waals surface area contributed by atoms with Gasteiger partial charge in [-0.25, -0.2) is 0 Å². The second-order valence-corrected chi connectivity index (χ2v) is 16.6. The number of para-hydroxylation sites is 2. The van der Waals surface area contributed by atoms with E-state index in [1.54, 1.807) is 0 Å². The maximum atomic E-state index is 2.49. The summed E-state index contributed by atoms with van der Waals surface area (Å²) in [7, 11) is 0. The maximum absolute atomic E-state index is 2.49. The molecule has 56 heavy (non-hydrogen) atoms. The van der Waals surface area contributed by atoms with E-state index in [-0.39, 0.29) is 10.8 Å². The van der Waals surface area contributed by atoms with Gasteiger partial charge in [-0.05, 0) is 105 Å². The third kappa shape index (κ3) is 4.62. The lowest BCUT2D eigenvalue weighted by Crippen LogP contribution is -2.16. The van der Waals surface area contributed by atoms with Crippen LogP contribution in [0, 0.1) is 0 Å². The highest BCUT2D eigenvalue weighted by Gasteiger charge is 2.39. The minimum atomic E-state index is -0.0980.